The summed E-state index contributed by atoms with van der Waals surface area (Å²) in [7, 11) is 0. The zero-order valence-electron chi connectivity index (χ0n) is 14.2. The van der Waals surface area contributed by atoms with Gasteiger partial charge in [0.2, 0.25) is 5.65 Å². The van der Waals surface area contributed by atoms with E-state index in [1.54, 1.807) is 27.5 Å². The van der Waals surface area contributed by atoms with Crippen molar-refractivity contribution in [2.45, 2.75) is 39.7 Å². The summed E-state index contributed by atoms with van der Waals surface area (Å²) in [6.45, 7) is 7.58. The first-order valence-electron chi connectivity index (χ1n) is 8.17. The molecule has 0 aliphatic heterocycles. The summed E-state index contributed by atoms with van der Waals surface area (Å²) in [6, 6.07) is 7.36. The summed E-state index contributed by atoms with van der Waals surface area (Å²) in [5, 5.41) is 15.9. The zero-order chi connectivity index (χ0) is 17.1. The molecule has 3 aromatic rings. The number of pyridine rings is 1. The monoisotopic (exact) mass is 326 g/mol. The maximum atomic E-state index is 11.9. The fraction of sp³-hybridized carbons (Fsp3) is 0.412. The molecule has 0 unspecified atom stereocenters. The number of anilines is 1. The van der Waals surface area contributed by atoms with Gasteiger partial charge in [0.05, 0.1) is 11.4 Å². The maximum absolute atomic E-state index is 11.9. The van der Waals surface area contributed by atoms with Crippen LogP contribution in [0.15, 0.2) is 35.4 Å². The molecule has 0 fully saturated rings. The van der Waals surface area contributed by atoms with Crippen molar-refractivity contribution in [1.82, 2.24) is 24.4 Å². The van der Waals surface area contributed by atoms with Gasteiger partial charge in [-0.3, -0.25) is 4.79 Å². The van der Waals surface area contributed by atoms with Crippen molar-refractivity contribution in [1.29, 1.82) is 0 Å². The molecule has 0 spiro atoms. The summed E-state index contributed by atoms with van der Waals surface area (Å²) in [5.74, 6) is 0.322. The highest BCUT2D eigenvalue weighted by Crippen LogP contribution is 2.19. The van der Waals surface area contributed by atoms with E-state index in [1.807, 2.05) is 19.1 Å². The van der Waals surface area contributed by atoms with Gasteiger partial charge in [-0.05, 0) is 31.4 Å². The molecule has 7 nitrogen and oxygen atoms in total. The van der Waals surface area contributed by atoms with Crippen LogP contribution in [0.2, 0.25) is 0 Å². The molecular weight excluding hydrogens is 304 g/mol. The Hall–Kier alpha value is -2.70. The van der Waals surface area contributed by atoms with E-state index in [0.717, 1.165) is 30.0 Å². The number of nitrogens with one attached hydrogen (secondary N) is 1. The van der Waals surface area contributed by atoms with Gasteiger partial charge < -0.3 is 9.88 Å². The topological polar surface area (TPSA) is 77.1 Å². The summed E-state index contributed by atoms with van der Waals surface area (Å²) in [4.78, 5) is 11.9. The predicted molar refractivity (Wildman–Crippen MR) is 93.4 cm³/mol. The highest BCUT2D eigenvalue weighted by atomic mass is 16.1. The molecule has 0 aromatic carbocycles. The van der Waals surface area contributed by atoms with Crippen LogP contribution in [0.4, 0.5) is 5.69 Å². The van der Waals surface area contributed by atoms with Crippen molar-refractivity contribution < 1.29 is 0 Å². The lowest BCUT2D eigenvalue weighted by atomic mass is 10.1. The van der Waals surface area contributed by atoms with Gasteiger partial charge in [-0.1, -0.05) is 19.9 Å². The number of hydrogen-bond donors (Lipinski definition) is 1. The zero-order valence-corrected chi connectivity index (χ0v) is 14.2. The molecule has 3 rings (SSSR count). The van der Waals surface area contributed by atoms with Gasteiger partial charge in [-0.15, -0.1) is 10.2 Å². The minimum Gasteiger partial charge on any atom is -0.382 e. The van der Waals surface area contributed by atoms with Crippen LogP contribution in [0, 0.1) is 6.92 Å². The van der Waals surface area contributed by atoms with Gasteiger partial charge in [0, 0.05) is 24.8 Å². The quantitative estimate of drug-likeness (QED) is 0.703. The molecule has 0 atom stereocenters. The lowest BCUT2D eigenvalue weighted by Crippen LogP contribution is -2.22. The van der Waals surface area contributed by atoms with Gasteiger partial charge in [0.1, 0.15) is 6.33 Å². The fourth-order valence-corrected chi connectivity index (χ4v) is 2.63. The fourth-order valence-electron chi connectivity index (χ4n) is 2.63. The van der Waals surface area contributed by atoms with E-state index < -0.39 is 0 Å². The molecule has 3 aromatic heterocycles. The molecule has 0 saturated heterocycles. The Balaban J connectivity index is 1.70. The first kappa shape index (κ1) is 16.2. The predicted octanol–water partition coefficient (Wildman–Crippen LogP) is 2.22. The number of hydrogen-bond acceptors (Lipinski definition) is 5. The second-order valence-corrected chi connectivity index (χ2v) is 6.17. The first-order valence-corrected chi connectivity index (χ1v) is 8.17. The van der Waals surface area contributed by atoms with Gasteiger partial charge in [0.15, 0.2) is 0 Å². The standard InChI is InChI=1S/C17H22N6O/c1-12(2)14-10-15(17-20-19-11-23(17)21-14)18-8-5-9-22-13(3)6-4-7-16(22)24/h4,6-7,10-12,18H,5,8-9H2,1-3H3. The first-order chi connectivity index (χ1) is 11.6. The lowest BCUT2D eigenvalue weighted by molar-refractivity contribution is 0.622. The van der Waals surface area contributed by atoms with Crippen molar-refractivity contribution in [3.63, 3.8) is 0 Å². The number of rotatable bonds is 6. The lowest BCUT2D eigenvalue weighted by Gasteiger charge is -2.12. The Bertz CT molecular complexity index is 895. The van der Waals surface area contributed by atoms with Crippen LogP contribution < -0.4 is 10.9 Å². The summed E-state index contributed by atoms with van der Waals surface area (Å²) in [5.41, 5.74) is 3.64. The average molecular weight is 326 g/mol. The van der Waals surface area contributed by atoms with Crippen LogP contribution >= 0.6 is 0 Å². The molecule has 24 heavy (non-hydrogen) atoms. The van der Waals surface area contributed by atoms with Crippen LogP contribution in [0.3, 0.4) is 0 Å². The highest BCUT2D eigenvalue weighted by Gasteiger charge is 2.10. The number of aryl methyl sites for hydroxylation is 1. The molecule has 1 N–H and O–H groups in total. The van der Waals surface area contributed by atoms with Gasteiger partial charge in [-0.2, -0.15) is 9.61 Å². The Kier molecular flexibility index (Phi) is 4.59. The molecule has 0 amide bonds. The highest BCUT2D eigenvalue weighted by molar-refractivity contribution is 5.66. The van der Waals surface area contributed by atoms with E-state index >= 15 is 0 Å². The SMILES string of the molecule is Cc1cccc(=O)n1CCCNc1cc(C(C)C)nn2cnnc12. The van der Waals surface area contributed by atoms with Crippen LogP contribution in [0.1, 0.15) is 37.6 Å². The van der Waals surface area contributed by atoms with Crippen molar-refractivity contribution in [2.75, 3.05) is 11.9 Å². The third-order valence-electron chi connectivity index (χ3n) is 4.02. The van der Waals surface area contributed by atoms with E-state index in [-0.39, 0.29) is 5.56 Å². The van der Waals surface area contributed by atoms with Gasteiger partial charge >= 0.3 is 0 Å². The molecule has 0 radical (unpaired) electrons. The molecule has 3 heterocycles. The van der Waals surface area contributed by atoms with Crippen LogP contribution in [-0.2, 0) is 6.54 Å². The van der Waals surface area contributed by atoms with Crippen molar-refractivity contribution in [2.24, 2.45) is 0 Å². The number of nitrogens with zero attached hydrogens (tertiary/aromatic N) is 5. The smallest absolute Gasteiger partial charge is 0.250 e. The van der Waals surface area contributed by atoms with Crippen LogP contribution in [0.25, 0.3) is 5.65 Å². The summed E-state index contributed by atoms with van der Waals surface area (Å²) >= 11 is 0. The van der Waals surface area contributed by atoms with Crippen LogP contribution in [0.5, 0.6) is 0 Å². The minimum absolute atomic E-state index is 0.0425. The Morgan fingerprint density at radius 1 is 1.29 bits per heavy atom. The molecule has 0 bridgehead atoms. The number of fused-ring (bicyclic) bond motifs is 1. The molecule has 0 saturated carbocycles. The Morgan fingerprint density at radius 2 is 2.12 bits per heavy atom. The number of aromatic nitrogens is 5. The molecular formula is C17H22N6O. The normalized spacial score (nSPS) is 11.3. The van der Waals surface area contributed by atoms with Crippen molar-refractivity contribution >= 4 is 11.3 Å². The second-order valence-electron chi connectivity index (χ2n) is 6.17. The van der Waals surface area contributed by atoms with Crippen molar-refractivity contribution in [3.05, 3.63) is 52.3 Å². The Morgan fingerprint density at radius 3 is 2.88 bits per heavy atom. The van der Waals surface area contributed by atoms with E-state index in [2.05, 4.69) is 34.5 Å². The second kappa shape index (κ2) is 6.82. The summed E-state index contributed by atoms with van der Waals surface area (Å²) < 4.78 is 3.49. The Labute approximate surface area is 140 Å². The molecule has 0 aliphatic rings. The van der Waals surface area contributed by atoms with E-state index in [0.29, 0.717) is 18.1 Å². The van der Waals surface area contributed by atoms with Crippen molar-refractivity contribution in [3.8, 4) is 0 Å². The van der Waals surface area contributed by atoms with Gasteiger partial charge in [-0.25, -0.2) is 0 Å². The summed E-state index contributed by atoms with van der Waals surface area (Å²) in [6.07, 6.45) is 2.45. The van der Waals surface area contributed by atoms with E-state index in [4.69, 9.17) is 0 Å². The van der Waals surface area contributed by atoms with Crippen LogP contribution in [-0.4, -0.2) is 30.9 Å². The molecule has 0 aliphatic carbocycles. The maximum Gasteiger partial charge on any atom is 0.250 e. The third-order valence-corrected chi connectivity index (χ3v) is 4.02. The van der Waals surface area contributed by atoms with E-state index in [9.17, 15) is 4.79 Å². The minimum atomic E-state index is 0.0425. The third kappa shape index (κ3) is 3.29. The van der Waals surface area contributed by atoms with Gasteiger partial charge in [0.25, 0.3) is 5.56 Å². The largest absolute Gasteiger partial charge is 0.382 e. The van der Waals surface area contributed by atoms with E-state index in [1.165, 1.54) is 0 Å². The molecule has 7 heteroatoms. The average Bonchev–Trinajstić information content (AvgIpc) is 3.02. The molecule has 126 valence electrons.